The first-order chi connectivity index (χ1) is 13.1. The Hall–Kier alpha value is -3.46. The summed E-state index contributed by atoms with van der Waals surface area (Å²) in [6.45, 7) is 6.31. The van der Waals surface area contributed by atoms with E-state index in [2.05, 4.69) is 6.58 Å². The molecule has 27 heavy (non-hydrogen) atoms. The van der Waals surface area contributed by atoms with Gasteiger partial charge in [0.15, 0.2) is 0 Å². The fourth-order valence-electron chi connectivity index (χ4n) is 2.79. The molecule has 0 aliphatic rings. The van der Waals surface area contributed by atoms with Gasteiger partial charge in [0.1, 0.15) is 0 Å². The molecule has 0 atom stereocenters. The van der Waals surface area contributed by atoms with Crippen LogP contribution < -0.4 is 0 Å². The van der Waals surface area contributed by atoms with E-state index in [0.717, 1.165) is 16.7 Å². The van der Waals surface area contributed by atoms with Gasteiger partial charge in [0.05, 0.1) is 6.54 Å². The monoisotopic (exact) mass is 355 g/mol. The number of aryl methyl sites for hydroxylation is 1. The van der Waals surface area contributed by atoms with Gasteiger partial charge < -0.3 is 4.90 Å². The average molecular weight is 355 g/mol. The van der Waals surface area contributed by atoms with Crippen molar-refractivity contribution >= 4 is 17.4 Å². The second kappa shape index (κ2) is 8.28. The van der Waals surface area contributed by atoms with E-state index in [4.69, 9.17) is 0 Å². The summed E-state index contributed by atoms with van der Waals surface area (Å²) < 4.78 is 0. The molecule has 1 amide bonds. The number of nitrogens with zero attached hydrogens (tertiary/aromatic N) is 1. The van der Waals surface area contributed by atoms with Gasteiger partial charge in [0, 0.05) is 11.3 Å². The highest BCUT2D eigenvalue weighted by Crippen LogP contribution is 2.21. The third kappa shape index (κ3) is 4.39. The first kappa shape index (κ1) is 18.3. The lowest BCUT2D eigenvalue weighted by Gasteiger charge is -2.24. The van der Waals surface area contributed by atoms with Crippen LogP contribution in [-0.2, 0) is 11.3 Å². The number of carbonyl (C=O) groups is 2. The summed E-state index contributed by atoms with van der Waals surface area (Å²) in [5, 5.41) is 0. The Bertz CT molecular complexity index is 945. The molecule has 3 aromatic carbocycles. The topological polar surface area (TPSA) is 37.4 Å². The van der Waals surface area contributed by atoms with Crippen molar-refractivity contribution in [3.05, 3.63) is 114 Å². The number of benzene rings is 3. The van der Waals surface area contributed by atoms with Crippen LogP contribution in [0, 0.1) is 6.92 Å². The van der Waals surface area contributed by atoms with E-state index in [0.29, 0.717) is 11.3 Å². The Morgan fingerprint density at radius 1 is 0.778 bits per heavy atom. The van der Waals surface area contributed by atoms with Crippen molar-refractivity contribution in [2.24, 2.45) is 0 Å². The summed E-state index contributed by atoms with van der Waals surface area (Å²) in [6.07, 6.45) is 0. The zero-order valence-electron chi connectivity index (χ0n) is 15.3. The number of Topliss-reactive ketones (excluding diaryl/α,β-unsaturated/α-hetero) is 1. The minimum atomic E-state index is -0.587. The highest BCUT2D eigenvalue weighted by molar-refractivity contribution is 6.43. The van der Waals surface area contributed by atoms with Crippen LogP contribution in [0.3, 0.4) is 0 Å². The molecule has 3 rings (SSSR count). The normalized spacial score (nSPS) is 10.3. The molecule has 3 aromatic rings. The summed E-state index contributed by atoms with van der Waals surface area (Å²) in [7, 11) is 0. The van der Waals surface area contributed by atoms with Gasteiger partial charge in [-0.1, -0.05) is 97.1 Å². The van der Waals surface area contributed by atoms with Crippen molar-refractivity contribution in [2.75, 3.05) is 0 Å². The van der Waals surface area contributed by atoms with Crippen LogP contribution in [0.4, 0.5) is 0 Å². The predicted octanol–water partition coefficient (Wildman–Crippen LogP) is 4.88. The van der Waals surface area contributed by atoms with Crippen LogP contribution in [-0.4, -0.2) is 16.6 Å². The predicted molar refractivity (Wildman–Crippen MR) is 108 cm³/mol. The number of hydrogen-bond donors (Lipinski definition) is 0. The summed E-state index contributed by atoms with van der Waals surface area (Å²) >= 11 is 0. The third-order valence-corrected chi connectivity index (χ3v) is 4.37. The summed E-state index contributed by atoms with van der Waals surface area (Å²) in [6, 6.07) is 26.0. The smallest absolute Gasteiger partial charge is 0.299 e. The van der Waals surface area contributed by atoms with Crippen molar-refractivity contribution in [1.82, 2.24) is 4.90 Å². The Balaban J connectivity index is 1.93. The van der Waals surface area contributed by atoms with Crippen LogP contribution in [0.15, 0.2) is 91.5 Å². The maximum absolute atomic E-state index is 13.1. The maximum atomic E-state index is 13.1. The SMILES string of the molecule is C=C(c1ccccc1)N(Cc1ccccc1)C(=O)C(=O)c1ccc(C)cc1. The lowest BCUT2D eigenvalue weighted by molar-refractivity contribution is -0.123. The highest BCUT2D eigenvalue weighted by atomic mass is 16.2. The molecule has 0 bridgehead atoms. The number of ketones is 1. The molecule has 0 heterocycles. The largest absolute Gasteiger partial charge is 0.301 e. The fraction of sp³-hybridized carbons (Fsp3) is 0.0833. The van der Waals surface area contributed by atoms with E-state index in [1.807, 2.05) is 79.7 Å². The second-order valence-corrected chi connectivity index (χ2v) is 6.38. The molecule has 3 nitrogen and oxygen atoms in total. The quantitative estimate of drug-likeness (QED) is 0.467. The van der Waals surface area contributed by atoms with Crippen molar-refractivity contribution in [1.29, 1.82) is 0 Å². The minimum Gasteiger partial charge on any atom is -0.301 e. The Morgan fingerprint density at radius 2 is 1.33 bits per heavy atom. The van der Waals surface area contributed by atoms with Gasteiger partial charge in [0.25, 0.3) is 11.7 Å². The zero-order valence-corrected chi connectivity index (χ0v) is 15.3. The maximum Gasteiger partial charge on any atom is 0.299 e. The van der Waals surface area contributed by atoms with Gasteiger partial charge >= 0.3 is 0 Å². The van der Waals surface area contributed by atoms with Gasteiger partial charge in [-0.3, -0.25) is 9.59 Å². The van der Waals surface area contributed by atoms with Crippen LogP contribution >= 0.6 is 0 Å². The number of amides is 1. The Kier molecular flexibility index (Phi) is 5.62. The van der Waals surface area contributed by atoms with Gasteiger partial charge in [-0.15, -0.1) is 0 Å². The summed E-state index contributed by atoms with van der Waals surface area (Å²) in [5.41, 5.74) is 3.65. The Labute approximate surface area is 159 Å². The van der Waals surface area contributed by atoms with Crippen molar-refractivity contribution in [2.45, 2.75) is 13.5 Å². The summed E-state index contributed by atoms with van der Waals surface area (Å²) in [5.74, 6) is -1.13. The van der Waals surface area contributed by atoms with Gasteiger partial charge in [-0.2, -0.15) is 0 Å². The molecule has 0 radical (unpaired) electrons. The van der Waals surface area contributed by atoms with E-state index < -0.39 is 11.7 Å². The van der Waals surface area contributed by atoms with Crippen molar-refractivity contribution < 1.29 is 9.59 Å². The van der Waals surface area contributed by atoms with E-state index in [1.54, 1.807) is 12.1 Å². The van der Waals surface area contributed by atoms with E-state index in [1.165, 1.54) is 4.90 Å². The molecule has 0 aromatic heterocycles. The number of hydrogen-bond acceptors (Lipinski definition) is 2. The zero-order chi connectivity index (χ0) is 19.2. The highest BCUT2D eigenvalue weighted by Gasteiger charge is 2.26. The molecule has 134 valence electrons. The molecular weight excluding hydrogens is 334 g/mol. The molecule has 0 aliphatic heterocycles. The van der Waals surface area contributed by atoms with Crippen LogP contribution in [0.25, 0.3) is 5.70 Å². The van der Waals surface area contributed by atoms with Crippen LogP contribution in [0.5, 0.6) is 0 Å². The molecule has 3 heteroatoms. The molecule has 0 N–H and O–H groups in total. The minimum absolute atomic E-state index is 0.283. The van der Waals surface area contributed by atoms with E-state index in [-0.39, 0.29) is 6.54 Å². The lowest BCUT2D eigenvalue weighted by Crippen LogP contribution is -2.34. The van der Waals surface area contributed by atoms with E-state index >= 15 is 0 Å². The standard InChI is InChI=1S/C24H21NO2/c1-18-13-15-22(16-14-18)23(26)24(27)25(17-20-9-5-3-6-10-20)19(2)21-11-7-4-8-12-21/h3-16H,2,17H2,1H3. The summed E-state index contributed by atoms with van der Waals surface area (Å²) in [4.78, 5) is 27.3. The van der Waals surface area contributed by atoms with Gasteiger partial charge in [-0.05, 0) is 18.1 Å². The van der Waals surface area contributed by atoms with Crippen molar-refractivity contribution in [3.8, 4) is 0 Å². The first-order valence-corrected chi connectivity index (χ1v) is 8.77. The molecule has 0 fully saturated rings. The second-order valence-electron chi connectivity index (χ2n) is 6.38. The molecular formula is C24H21NO2. The van der Waals surface area contributed by atoms with E-state index in [9.17, 15) is 9.59 Å². The molecule has 0 unspecified atom stereocenters. The molecule has 0 saturated carbocycles. The van der Waals surface area contributed by atoms with Crippen LogP contribution in [0.2, 0.25) is 0 Å². The fourth-order valence-corrected chi connectivity index (χ4v) is 2.79. The third-order valence-electron chi connectivity index (χ3n) is 4.37. The van der Waals surface area contributed by atoms with Gasteiger partial charge in [0.2, 0.25) is 0 Å². The molecule has 0 spiro atoms. The molecule has 0 saturated heterocycles. The van der Waals surface area contributed by atoms with Crippen molar-refractivity contribution in [3.63, 3.8) is 0 Å². The lowest BCUT2D eigenvalue weighted by atomic mass is 10.1. The first-order valence-electron chi connectivity index (χ1n) is 8.77. The number of carbonyl (C=O) groups excluding carboxylic acids is 2. The van der Waals surface area contributed by atoms with Crippen LogP contribution in [0.1, 0.15) is 27.0 Å². The average Bonchev–Trinajstić information content (AvgIpc) is 2.72. The van der Waals surface area contributed by atoms with Gasteiger partial charge in [-0.25, -0.2) is 0 Å². The number of rotatable bonds is 6. The Morgan fingerprint density at radius 3 is 1.93 bits per heavy atom. The molecule has 0 aliphatic carbocycles.